The lowest BCUT2D eigenvalue weighted by molar-refractivity contribution is 0.415. The van der Waals surface area contributed by atoms with Gasteiger partial charge in [-0.2, -0.15) is 5.26 Å². The highest BCUT2D eigenvalue weighted by Gasteiger charge is 2.14. The summed E-state index contributed by atoms with van der Waals surface area (Å²) in [5, 5.41) is 14.5. The summed E-state index contributed by atoms with van der Waals surface area (Å²) in [6.07, 6.45) is 1.54. The highest BCUT2D eigenvalue weighted by Crippen LogP contribution is 2.38. The quantitative estimate of drug-likeness (QED) is 0.362. The summed E-state index contributed by atoms with van der Waals surface area (Å²) in [6, 6.07) is 19.0. The molecule has 1 heterocycles. The van der Waals surface area contributed by atoms with Crippen LogP contribution < -0.4 is 15.8 Å². The Kier molecular flexibility index (Phi) is 5.37. The van der Waals surface area contributed by atoms with E-state index in [1.54, 1.807) is 12.1 Å². The summed E-state index contributed by atoms with van der Waals surface area (Å²) < 4.78 is 5.28. The number of halogens is 2. The van der Waals surface area contributed by atoms with E-state index in [1.165, 1.54) is 13.3 Å². The summed E-state index contributed by atoms with van der Waals surface area (Å²) in [7, 11) is 1.53. The van der Waals surface area contributed by atoms with Crippen molar-refractivity contribution in [1.82, 2.24) is 4.98 Å². The monoisotopic (exact) mass is 434 g/mol. The van der Waals surface area contributed by atoms with E-state index in [4.69, 9.17) is 33.7 Å². The Morgan fingerprint density at radius 2 is 1.83 bits per heavy atom. The predicted molar refractivity (Wildman–Crippen MR) is 123 cm³/mol. The zero-order valence-corrected chi connectivity index (χ0v) is 17.4. The van der Waals surface area contributed by atoms with E-state index >= 15 is 0 Å². The third-order valence-corrected chi connectivity index (χ3v) is 5.32. The van der Waals surface area contributed by atoms with Crippen molar-refractivity contribution < 1.29 is 4.74 Å². The molecular formula is C23H16Cl2N4O. The van der Waals surface area contributed by atoms with Gasteiger partial charge in [0.1, 0.15) is 11.8 Å². The lowest BCUT2D eigenvalue weighted by atomic mass is 10.0. The number of ether oxygens (including phenoxy) is 1. The van der Waals surface area contributed by atoms with E-state index in [0.29, 0.717) is 38.4 Å². The zero-order valence-electron chi connectivity index (χ0n) is 15.9. The topological polar surface area (TPSA) is 84.0 Å². The highest BCUT2D eigenvalue weighted by atomic mass is 35.5. The lowest BCUT2D eigenvalue weighted by Gasteiger charge is -2.15. The minimum Gasteiger partial charge on any atom is -0.495 e. The van der Waals surface area contributed by atoms with Crippen molar-refractivity contribution in [2.24, 2.45) is 0 Å². The molecule has 0 saturated heterocycles. The van der Waals surface area contributed by atoms with Gasteiger partial charge in [0.05, 0.1) is 39.6 Å². The van der Waals surface area contributed by atoms with E-state index in [1.807, 2.05) is 42.5 Å². The number of nitrogens with zero attached hydrogens (tertiary/aromatic N) is 2. The molecule has 0 bridgehead atoms. The van der Waals surface area contributed by atoms with Crippen molar-refractivity contribution in [3.8, 4) is 22.9 Å². The SMILES string of the molecule is COc1cc(Nc2c(C#N)cnc3cc(-c4cccc(N)c4)ccc23)c(Cl)cc1Cl. The lowest BCUT2D eigenvalue weighted by Crippen LogP contribution is -1.98. The van der Waals surface area contributed by atoms with Gasteiger partial charge in [-0.3, -0.25) is 4.98 Å². The number of anilines is 3. The fourth-order valence-corrected chi connectivity index (χ4v) is 3.73. The molecule has 30 heavy (non-hydrogen) atoms. The van der Waals surface area contributed by atoms with Gasteiger partial charge in [-0.25, -0.2) is 0 Å². The van der Waals surface area contributed by atoms with Crippen LogP contribution in [0.5, 0.6) is 5.75 Å². The number of aromatic nitrogens is 1. The Hall–Kier alpha value is -3.46. The van der Waals surface area contributed by atoms with Crippen LogP contribution in [0.2, 0.25) is 10.0 Å². The number of hydrogen-bond donors (Lipinski definition) is 2. The van der Waals surface area contributed by atoms with Crippen LogP contribution >= 0.6 is 23.2 Å². The molecule has 0 radical (unpaired) electrons. The smallest absolute Gasteiger partial charge is 0.139 e. The van der Waals surface area contributed by atoms with Crippen LogP contribution in [-0.2, 0) is 0 Å². The predicted octanol–water partition coefficient (Wildman–Crippen LogP) is 6.41. The van der Waals surface area contributed by atoms with Crippen LogP contribution in [0, 0.1) is 11.3 Å². The molecule has 4 rings (SSSR count). The zero-order chi connectivity index (χ0) is 21.3. The third-order valence-electron chi connectivity index (χ3n) is 4.71. The fourth-order valence-electron chi connectivity index (χ4n) is 3.23. The Balaban J connectivity index is 1.84. The van der Waals surface area contributed by atoms with Gasteiger partial charge in [0, 0.05) is 23.3 Å². The Morgan fingerprint density at radius 3 is 2.57 bits per heavy atom. The van der Waals surface area contributed by atoms with Gasteiger partial charge < -0.3 is 15.8 Å². The largest absolute Gasteiger partial charge is 0.495 e. The van der Waals surface area contributed by atoms with E-state index in [2.05, 4.69) is 16.4 Å². The van der Waals surface area contributed by atoms with Crippen LogP contribution in [-0.4, -0.2) is 12.1 Å². The van der Waals surface area contributed by atoms with Crippen LogP contribution in [0.25, 0.3) is 22.0 Å². The molecule has 3 N–H and O–H groups in total. The van der Waals surface area contributed by atoms with Crippen LogP contribution in [0.1, 0.15) is 5.56 Å². The van der Waals surface area contributed by atoms with Gasteiger partial charge >= 0.3 is 0 Å². The minimum atomic E-state index is 0.393. The first-order chi connectivity index (χ1) is 14.5. The van der Waals surface area contributed by atoms with E-state index in [-0.39, 0.29) is 0 Å². The Bertz CT molecular complexity index is 1310. The molecule has 0 fully saturated rings. The van der Waals surface area contributed by atoms with Gasteiger partial charge in [0.25, 0.3) is 0 Å². The maximum absolute atomic E-state index is 9.61. The molecule has 0 atom stereocenters. The number of nitrogens with one attached hydrogen (secondary N) is 1. The molecule has 0 aliphatic rings. The molecule has 0 spiro atoms. The number of nitriles is 1. The summed E-state index contributed by atoms with van der Waals surface area (Å²) in [5.41, 5.74) is 10.9. The van der Waals surface area contributed by atoms with Crippen molar-refractivity contribution in [3.63, 3.8) is 0 Å². The molecule has 1 aromatic heterocycles. The third kappa shape index (κ3) is 3.71. The molecule has 0 unspecified atom stereocenters. The molecule has 0 aliphatic heterocycles. The first-order valence-corrected chi connectivity index (χ1v) is 9.74. The molecule has 7 heteroatoms. The van der Waals surface area contributed by atoms with Crippen molar-refractivity contribution in [3.05, 3.63) is 76.4 Å². The molecule has 0 saturated carbocycles. The van der Waals surface area contributed by atoms with Crippen molar-refractivity contribution in [1.29, 1.82) is 5.26 Å². The molecule has 0 amide bonds. The molecule has 0 aliphatic carbocycles. The van der Waals surface area contributed by atoms with E-state index < -0.39 is 0 Å². The molecule has 148 valence electrons. The van der Waals surface area contributed by atoms with Crippen LogP contribution in [0.3, 0.4) is 0 Å². The highest BCUT2D eigenvalue weighted by molar-refractivity contribution is 6.37. The Labute approximate surface area is 183 Å². The average molecular weight is 435 g/mol. The first-order valence-electron chi connectivity index (χ1n) is 8.99. The summed E-state index contributed by atoms with van der Waals surface area (Å²) in [4.78, 5) is 4.46. The Morgan fingerprint density at radius 1 is 1.03 bits per heavy atom. The summed E-state index contributed by atoms with van der Waals surface area (Å²) in [5.74, 6) is 0.476. The van der Waals surface area contributed by atoms with Crippen molar-refractivity contribution in [2.45, 2.75) is 0 Å². The normalized spacial score (nSPS) is 10.6. The maximum Gasteiger partial charge on any atom is 0.139 e. The minimum absolute atomic E-state index is 0.393. The summed E-state index contributed by atoms with van der Waals surface area (Å²) in [6.45, 7) is 0. The number of fused-ring (bicyclic) bond motifs is 1. The number of hydrogen-bond acceptors (Lipinski definition) is 5. The van der Waals surface area contributed by atoms with Gasteiger partial charge in [-0.15, -0.1) is 0 Å². The van der Waals surface area contributed by atoms with Gasteiger partial charge in [-0.1, -0.05) is 47.5 Å². The number of rotatable bonds is 4. The fraction of sp³-hybridized carbons (Fsp3) is 0.0435. The van der Waals surface area contributed by atoms with E-state index in [9.17, 15) is 5.26 Å². The molecule has 3 aromatic carbocycles. The molecule has 5 nitrogen and oxygen atoms in total. The second kappa shape index (κ2) is 8.11. The van der Waals surface area contributed by atoms with Crippen LogP contribution in [0.15, 0.2) is 60.8 Å². The van der Waals surface area contributed by atoms with Crippen molar-refractivity contribution in [2.75, 3.05) is 18.2 Å². The van der Waals surface area contributed by atoms with Crippen molar-refractivity contribution >= 4 is 51.2 Å². The molecular weight excluding hydrogens is 419 g/mol. The maximum atomic E-state index is 9.61. The summed E-state index contributed by atoms with van der Waals surface area (Å²) >= 11 is 12.5. The van der Waals surface area contributed by atoms with Gasteiger partial charge in [0.15, 0.2) is 0 Å². The van der Waals surface area contributed by atoms with E-state index in [0.717, 1.165) is 22.0 Å². The first kappa shape index (κ1) is 19.8. The number of benzene rings is 3. The number of nitrogen functional groups attached to an aromatic ring is 1. The standard InChI is InChI=1S/C23H16Cl2N4O/c1-30-22-10-21(18(24)9-19(22)25)29-23-15(11-26)12-28-20-8-14(5-6-17(20)23)13-3-2-4-16(27)7-13/h2-10,12H,27H2,1H3,(H,28,29). The second-order valence-corrected chi connectivity index (χ2v) is 7.42. The number of pyridine rings is 1. The molecule has 4 aromatic rings. The van der Waals surface area contributed by atoms with Gasteiger partial charge in [-0.05, 0) is 35.4 Å². The van der Waals surface area contributed by atoms with Crippen LogP contribution in [0.4, 0.5) is 17.1 Å². The average Bonchev–Trinajstić information content (AvgIpc) is 2.75. The number of methoxy groups -OCH3 is 1. The number of nitrogens with two attached hydrogens (primary N) is 1. The van der Waals surface area contributed by atoms with Gasteiger partial charge in [0.2, 0.25) is 0 Å². The second-order valence-electron chi connectivity index (χ2n) is 6.61.